The minimum absolute atomic E-state index is 0.00543. The molecule has 2 aromatic rings. The first-order chi connectivity index (χ1) is 8.91. The van der Waals surface area contributed by atoms with E-state index >= 15 is 0 Å². The lowest BCUT2D eigenvalue weighted by molar-refractivity contribution is 0.410. The van der Waals surface area contributed by atoms with E-state index in [1.54, 1.807) is 18.4 Å². The average Bonchev–Trinajstić information content (AvgIpc) is 2.71. The van der Waals surface area contributed by atoms with Gasteiger partial charge in [0.15, 0.2) is 5.13 Å². The minimum atomic E-state index is 0.00543. The second-order valence-corrected chi connectivity index (χ2v) is 6.68. The predicted octanol–water partition coefficient (Wildman–Crippen LogP) is 3.62. The van der Waals surface area contributed by atoms with E-state index in [9.17, 15) is 0 Å². The molecule has 0 aliphatic rings. The molecule has 19 heavy (non-hydrogen) atoms. The summed E-state index contributed by atoms with van der Waals surface area (Å²) in [6.45, 7) is 6.48. The van der Waals surface area contributed by atoms with Gasteiger partial charge in [0, 0.05) is 16.7 Å². The van der Waals surface area contributed by atoms with Crippen LogP contribution in [0.2, 0.25) is 0 Å². The first kappa shape index (κ1) is 13.9. The van der Waals surface area contributed by atoms with Gasteiger partial charge in [0.1, 0.15) is 5.75 Å². The van der Waals surface area contributed by atoms with Gasteiger partial charge in [-0.15, -0.1) is 11.3 Å². The molecule has 0 aliphatic carbocycles. The molecule has 1 aromatic heterocycles. The van der Waals surface area contributed by atoms with Crippen molar-refractivity contribution in [3.63, 3.8) is 0 Å². The van der Waals surface area contributed by atoms with E-state index in [1.165, 1.54) is 10.4 Å². The van der Waals surface area contributed by atoms with Crippen molar-refractivity contribution < 1.29 is 4.74 Å². The Kier molecular flexibility index (Phi) is 3.80. The van der Waals surface area contributed by atoms with Crippen LogP contribution in [-0.4, -0.2) is 12.1 Å². The highest BCUT2D eigenvalue weighted by Gasteiger charge is 2.23. The Morgan fingerprint density at radius 3 is 2.58 bits per heavy atom. The van der Waals surface area contributed by atoms with Crippen LogP contribution in [0, 0.1) is 0 Å². The zero-order valence-electron chi connectivity index (χ0n) is 11.9. The number of nitrogen functional groups attached to an aromatic ring is 1. The van der Waals surface area contributed by atoms with Crippen molar-refractivity contribution in [3.8, 4) is 5.75 Å². The number of thiazole rings is 1. The number of nitrogens with zero attached hydrogens (tertiary/aromatic N) is 1. The van der Waals surface area contributed by atoms with Crippen molar-refractivity contribution in [1.82, 2.24) is 4.98 Å². The normalized spacial score (nSPS) is 11.6. The molecular formula is C15H20N2OS. The molecule has 0 unspecified atom stereocenters. The zero-order chi connectivity index (χ0) is 14.0. The predicted molar refractivity (Wildman–Crippen MR) is 81.0 cm³/mol. The first-order valence-corrected chi connectivity index (χ1v) is 7.11. The molecule has 0 fully saturated rings. The number of aromatic nitrogens is 1. The van der Waals surface area contributed by atoms with Gasteiger partial charge in [-0.1, -0.05) is 39.0 Å². The largest absolute Gasteiger partial charge is 0.496 e. The van der Waals surface area contributed by atoms with E-state index in [-0.39, 0.29) is 5.41 Å². The van der Waals surface area contributed by atoms with Gasteiger partial charge in [-0.3, -0.25) is 0 Å². The summed E-state index contributed by atoms with van der Waals surface area (Å²) in [6.07, 6.45) is 0.811. The fourth-order valence-electron chi connectivity index (χ4n) is 2.10. The van der Waals surface area contributed by atoms with E-state index in [1.807, 2.05) is 18.2 Å². The molecule has 0 spiro atoms. The minimum Gasteiger partial charge on any atom is -0.496 e. The third kappa shape index (κ3) is 3.07. The Labute approximate surface area is 118 Å². The Hall–Kier alpha value is -1.55. The first-order valence-electron chi connectivity index (χ1n) is 6.29. The molecule has 4 heteroatoms. The molecule has 1 aromatic carbocycles. The quantitative estimate of drug-likeness (QED) is 0.931. The van der Waals surface area contributed by atoms with Crippen molar-refractivity contribution in [2.75, 3.05) is 12.8 Å². The lowest BCUT2D eigenvalue weighted by Gasteiger charge is -2.18. The molecule has 3 nitrogen and oxygen atoms in total. The summed E-state index contributed by atoms with van der Waals surface area (Å²) in [4.78, 5) is 5.71. The van der Waals surface area contributed by atoms with Crippen LogP contribution in [0.5, 0.6) is 5.75 Å². The number of benzene rings is 1. The Bertz CT molecular complexity index is 570. The van der Waals surface area contributed by atoms with E-state index < -0.39 is 0 Å². The number of methoxy groups -OCH3 is 1. The van der Waals surface area contributed by atoms with Crippen molar-refractivity contribution in [2.45, 2.75) is 32.6 Å². The molecule has 0 bridgehead atoms. The second kappa shape index (κ2) is 5.21. The topological polar surface area (TPSA) is 48.1 Å². The molecular weight excluding hydrogens is 256 g/mol. The second-order valence-electron chi connectivity index (χ2n) is 5.56. The van der Waals surface area contributed by atoms with Crippen molar-refractivity contribution >= 4 is 16.5 Å². The highest BCUT2D eigenvalue weighted by atomic mass is 32.1. The van der Waals surface area contributed by atoms with Crippen LogP contribution in [0.3, 0.4) is 0 Å². The number of ether oxygens (including phenoxy) is 1. The number of nitrogens with two attached hydrogens (primary N) is 1. The summed E-state index contributed by atoms with van der Waals surface area (Å²) in [7, 11) is 1.70. The molecule has 2 N–H and O–H groups in total. The van der Waals surface area contributed by atoms with Crippen LogP contribution < -0.4 is 10.5 Å². The standard InChI is InChI=1S/C15H20N2OS/c1-15(2,3)13-12(19-14(16)17-13)9-10-7-5-6-8-11(10)18-4/h5-8H,9H2,1-4H3,(H2,16,17). The molecule has 0 atom stereocenters. The Balaban J connectivity index is 2.39. The van der Waals surface area contributed by atoms with Gasteiger partial charge in [0.05, 0.1) is 12.8 Å². The van der Waals surface area contributed by atoms with E-state index in [4.69, 9.17) is 10.5 Å². The van der Waals surface area contributed by atoms with Gasteiger partial charge in [-0.2, -0.15) is 0 Å². The van der Waals surface area contributed by atoms with Gasteiger partial charge in [-0.25, -0.2) is 4.98 Å². The summed E-state index contributed by atoms with van der Waals surface area (Å²) >= 11 is 1.57. The maximum atomic E-state index is 5.88. The fraction of sp³-hybridized carbons (Fsp3) is 0.400. The van der Waals surface area contributed by atoms with Crippen LogP contribution in [0.25, 0.3) is 0 Å². The molecule has 0 amide bonds. The van der Waals surface area contributed by atoms with E-state index in [0.29, 0.717) is 5.13 Å². The van der Waals surface area contributed by atoms with Gasteiger partial charge in [0.25, 0.3) is 0 Å². The van der Waals surface area contributed by atoms with Crippen LogP contribution in [0.4, 0.5) is 5.13 Å². The Morgan fingerprint density at radius 1 is 1.26 bits per heavy atom. The van der Waals surface area contributed by atoms with Crippen LogP contribution in [-0.2, 0) is 11.8 Å². The lowest BCUT2D eigenvalue weighted by Crippen LogP contribution is -2.14. The van der Waals surface area contributed by atoms with Crippen LogP contribution >= 0.6 is 11.3 Å². The molecule has 0 aliphatic heterocycles. The van der Waals surface area contributed by atoms with Gasteiger partial charge in [-0.05, 0) is 11.6 Å². The number of hydrogen-bond donors (Lipinski definition) is 1. The number of hydrogen-bond acceptors (Lipinski definition) is 4. The highest BCUT2D eigenvalue weighted by Crippen LogP contribution is 2.33. The number of anilines is 1. The van der Waals surface area contributed by atoms with E-state index in [0.717, 1.165) is 17.9 Å². The maximum absolute atomic E-state index is 5.88. The SMILES string of the molecule is COc1ccccc1Cc1sc(N)nc1C(C)(C)C. The van der Waals surface area contributed by atoms with E-state index in [2.05, 4.69) is 31.8 Å². The van der Waals surface area contributed by atoms with Gasteiger partial charge >= 0.3 is 0 Å². The van der Waals surface area contributed by atoms with Crippen molar-refractivity contribution in [3.05, 3.63) is 40.4 Å². The fourth-order valence-corrected chi connectivity index (χ4v) is 3.16. The summed E-state index contributed by atoms with van der Waals surface area (Å²) in [5, 5.41) is 0.634. The molecule has 102 valence electrons. The summed E-state index contributed by atoms with van der Waals surface area (Å²) in [5.74, 6) is 0.911. The lowest BCUT2D eigenvalue weighted by atomic mass is 9.90. The third-order valence-electron chi connectivity index (χ3n) is 2.97. The maximum Gasteiger partial charge on any atom is 0.180 e. The van der Waals surface area contributed by atoms with Gasteiger partial charge in [0.2, 0.25) is 0 Å². The number of rotatable bonds is 3. The molecule has 0 saturated carbocycles. The average molecular weight is 276 g/mol. The molecule has 2 rings (SSSR count). The smallest absolute Gasteiger partial charge is 0.180 e. The summed E-state index contributed by atoms with van der Waals surface area (Å²) in [5.41, 5.74) is 8.13. The summed E-state index contributed by atoms with van der Waals surface area (Å²) < 4.78 is 5.40. The molecule has 0 radical (unpaired) electrons. The molecule has 0 saturated heterocycles. The zero-order valence-corrected chi connectivity index (χ0v) is 12.7. The van der Waals surface area contributed by atoms with Crippen molar-refractivity contribution in [2.24, 2.45) is 0 Å². The highest BCUT2D eigenvalue weighted by molar-refractivity contribution is 7.15. The third-order valence-corrected chi connectivity index (χ3v) is 3.85. The van der Waals surface area contributed by atoms with Crippen LogP contribution in [0.15, 0.2) is 24.3 Å². The summed E-state index contributed by atoms with van der Waals surface area (Å²) in [6, 6.07) is 8.07. The van der Waals surface area contributed by atoms with Gasteiger partial charge < -0.3 is 10.5 Å². The Morgan fingerprint density at radius 2 is 1.95 bits per heavy atom. The molecule has 1 heterocycles. The van der Waals surface area contributed by atoms with Crippen LogP contribution in [0.1, 0.15) is 36.9 Å². The monoisotopic (exact) mass is 276 g/mol. The number of para-hydroxylation sites is 1. The van der Waals surface area contributed by atoms with Crippen molar-refractivity contribution in [1.29, 1.82) is 0 Å².